The predicted octanol–water partition coefficient (Wildman–Crippen LogP) is 4.41. The predicted molar refractivity (Wildman–Crippen MR) is 172 cm³/mol. The van der Waals surface area contributed by atoms with Crippen LogP contribution in [-0.4, -0.2) is 92.8 Å². The summed E-state index contributed by atoms with van der Waals surface area (Å²) >= 11 is 0. The lowest BCUT2D eigenvalue weighted by molar-refractivity contribution is 0.312. The van der Waals surface area contributed by atoms with Crippen molar-refractivity contribution < 1.29 is 0 Å². The second kappa shape index (κ2) is 11.8. The number of anilines is 3. The van der Waals surface area contributed by atoms with Crippen LogP contribution in [0.3, 0.4) is 0 Å². The van der Waals surface area contributed by atoms with Gasteiger partial charge in [0.25, 0.3) is 0 Å². The van der Waals surface area contributed by atoms with Crippen LogP contribution < -0.4 is 20.9 Å². The zero-order valence-corrected chi connectivity index (χ0v) is 25.0. The molecule has 2 aromatic carbocycles. The minimum absolute atomic E-state index is 0.0430. The highest BCUT2D eigenvalue weighted by molar-refractivity contribution is 5.87. The largest absolute Gasteiger partial charge is 0.385 e. The van der Waals surface area contributed by atoms with Gasteiger partial charge in [-0.15, -0.1) is 0 Å². The molecule has 0 bridgehead atoms. The maximum atomic E-state index is 6.68. The van der Waals surface area contributed by atoms with Gasteiger partial charge in [0.2, 0.25) is 0 Å². The van der Waals surface area contributed by atoms with Crippen LogP contribution in [0, 0.1) is 13.8 Å². The molecule has 0 spiro atoms. The molecule has 2 aliphatic rings. The van der Waals surface area contributed by atoms with Crippen LogP contribution in [0.15, 0.2) is 48.5 Å². The highest BCUT2D eigenvalue weighted by Gasteiger charge is 2.18. The van der Waals surface area contributed by atoms with Gasteiger partial charge in [-0.05, 0) is 93.5 Å². The van der Waals surface area contributed by atoms with Gasteiger partial charge in [-0.1, -0.05) is 6.07 Å². The van der Waals surface area contributed by atoms with E-state index >= 15 is 0 Å². The lowest BCUT2D eigenvalue weighted by atomic mass is 10.00. The average molecular weight is 553 g/mol. The molecule has 4 heterocycles. The molecule has 8 heteroatoms. The number of aromatic nitrogens is 2. The number of likely N-dealkylation sites (N-methyl/N-ethyl adjacent to an activating group) is 2. The molecule has 1 unspecified atom stereocenters. The summed E-state index contributed by atoms with van der Waals surface area (Å²) in [7, 11) is 4.36. The number of nitrogens with zero attached hydrogens (tertiary/aromatic N) is 6. The molecule has 2 saturated heterocycles. The van der Waals surface area contributed by atoms with E-state index in [9.17, 15) is 0 Å². The van der Waals surface area contributed by atoms with Crippen LogP contribution in [0.1, 0.15) is 29.2 Å². The van der Waals surface area contributed by atoms with Gasteiger partial charge in [-0.3, -0.25) is 0 Å². The number of piperazine rings is 2. The fourth-order valence-corrected chi connectivity index (χ4v) is 6.04. The van der Waals surface area contributed by atoms with Gasteiger partial charge in [0, 0.05) is 81.4 Å². The fourth-order valence-electron chi connectivity index (χ4n) is 6.04. The fraction of sp³-hybridized carbons (Fsp3) is 0.455. The van der Waals surface area contributed by atoms with Crippen LogP contribution in [0.5, 0.6) is 0 Å². The molecule has 2 aliphatic heterocycles. The summed E-state index contributed by atoms with van der Waals surface area (Å²) in [6.07, 6.45) is 0.842. The molecule has 4 aromatic rings. The van der Waals surface area contributed by atoms with E-state index < -0.39 is 0 Å². The van der Waals surface area contributed by atoms with Gasteiger partial charge in [0.15, 0.2) is 0 Å². The van der Waals surface area contributed by atoms with E-state index in [4.69, 9.17) is 15.7 Å². The molecule has 6 rings (SSSR count). The maximum Gasteiger partial charge on any atom is 0.129 e. The Morgan fingerprint density at radius 3 is 1.78 bits per heavy atom. The first kappa shape index (κ1) is 27.7. The number of pyridine rings is 2. The smallest absolute Gasteiger partial charge is 0.129 e. The molecule has 0 aliphatic carbocycles. The van der Waals surface area contributed by atoms with Crippen molar-refractivity contribution >= 4 is 39.1 Å². The second-order valence-corrected chi connectivity index (χ2v) is 12.0. The average Bonchev–Trinajstić information content (AvgIpc) is 2.98. The van der Waals surface area contributed by atoms with Crippen molar-refractivity contribution in [2.75, 3.05) is 88.1 Å². The molecule has 0 radical (unpaired) electrons. The van der Waals surface area contributed by atoms with Crippen molar-refractivity contribution in [1.82, 2.24) is 19.8 Å². The maximum absolute atomic E-state index is 6.68. The number of benzene rings is 2. The molecular formula is C33H44N8. The van der Waals surface area contributed by atoms with Gasteiger partial charge in [0.1, 0.15) is 11.6 Å². The number of nitrogens with one attached hydrogen (secondary N) is 1. The molecule has 216 valence electrons. The van der Waals surface area contributed by atoms with Crippen molar-refractivity contribution in [2.45, 2.75) is 26.3 Å². The molecule has 0 saturated carbocycles. The van der Waals surface area contributed by atoms with Crippen molar-refractivity contribution in [2.24, 2.45) is 5.73 Å². The van der Waals surface area contributed by atoms with Crippen molar-refractivity contribution in [1.29, 1.82) is 0 Å². The third-order valence-corrected chi connectivity index (χ3v) is 8.90. The Morgan fingerprint density at radius 2 is 1.22 bits per heavy atom. The van der Waals surface area contributed by atoms with E-state index in [1.54, 1.807) is 0 Å². The topological polar surface area (TPSA) is 76.8 Å². The first-order valence-electron chi connectivity index (χ1n) is 15.0. The van der Waals surface area contributed by atoms with Gasteiger partial charge >= 0.3 is 0 Å². The number of hydrogen-bond donors (Lipinski definition) is 2. The number of hydrogen-bond acceptors (Lipinski definition) is 8. The van der Waals surface area contributed by atoms with E-state index in [-0.39, 0.29) is 6.04 Å². The molecular weight excluding hydrogens is 508 g/mol. The molecule has 1 atom stereocenters. The third-order valence-electron chi connectivity index (χ3n) is 8.90. The number of fused-ring (bicyclic) bond motifs is 2. The minimum atomic E-state index is -0.0430. The Balaban J connectivity index is 1.09. The normalized spacial score (nSPS) is 17.9. The lowest BCUT2D eigenvalue weighted by Crippen LogP contribution is -2.44. The minimum Gasteiger partial charge on any atom is -0.385 e. The number of aryl methyl sites for hydroxylation is 2. The highest BCUT2D eigenvalue weighted by Crippen LogP contribution is 2.28. The van der Waals surface area contributed by atoms with E-state index in [0.29, 0.717) is 0 Å². The Labute approximate surface area is 244 Å². The van der Waals surface area contributed by atoms with Crippen LogP contribution in [0.2, 0.25) is 0 Å². The Morgan fingerprint density at radius 1 is 0.707 bits per heavy atom. The zero-order valence-electron chi connectivity index (χ0n) is 25.0. The highest BCUT2D eigenvalue weighted by atomic mass is 15.3. The molecule has 2 fully saturated rings. The number of nitrogens with two attached hydrogens (primary N) is 1. The quantitative estimate of drug-likeness (QED) is 0.349. The van der Waals surface area contributed by atoms with Gasteiger partial charge in [-0.2, -0.15) is 0 Å². The van der Waals surface area contributed by atoms with Crippen LogP contribution in [0.25, 0.3) is 21.8 Å². The Kier molecular flexibility index (Phi) is 7.97. The van der Waals surface area contributed by atoms with E-state index in [1.165, 1.54) is 21.9 Å². The van der Waals surface area contributed by atoms with E-state index in [0.717, 1.165) is 99.2 Å². The van der Waals surface area contributed by atoms with Crippen molar-refractivity contribution in [3.8, 4) is 0 Å². The van der Waals surface area contributed by atoms with Crippen LogP contribution in [0.4, 0.5) is 17.3 Å². The molecule has 8 nitrogen and oxygen atoms in total. The lowest BCUT2D eigenvalue weighted by Gasteiger charge is -2.33. The SMILES string of the molecule is Cc1cc(N2CCN(C)CC2)nc2ccc(NCCC(N)c3ccc4nc(N5CCN(C)CC5)cc(C)c4c3)cc12. The van der Waals surface area contributed by atoms with Gasteiger partial charge in [-0.25, -0.2) is 9.97 Å². The molecule has 41 heavy (non-hydrogen) atoms. The summed E-state index contributed by atoms with van der Waals surface area (Å²) in [5, 5.41) is 5.99. The van der Waals surface area contributed by atoms with Crippen LogP contribution in [-0.2, 0) is 0 Å². The summed E-state index contributed by atoms with van der Waals surface area (Å²) in [6, 6.07) is 17.4. The summed E-state index contributed by atoms with van der Waals surface area (Å²) < 4.78 is 0. The van der Waals surface area contributed by atoms with Crippen molar-refractivity contribution in [3.05, 3.63) is 65.2 Å². The Hall–Kier alpha value is -3.46. The first-order chi connectivity index (χ1) is 19.8. The monoisotopic (exact) mass is 552 g/mol. The van der Waals surface area contributed by atoms with Crippen LogP contribution >= 0.6 is 0 Å². The summed E-state index contributed by atoms with van der Waals surface area (Å²) in [5.74, 6) is 2.17. The summed E-state index contributed by atoms with van der Waals surface area (Å²) in [4.78, 5) is 19.5. The van der Waals surface area contributed by atoms with Crippen molar-refractivity contribution in [3.63, 3.8) is 0 Å². The molecule has 2 aromatic heterocycles. The zero-order chi connectivity index (χ0) is 28.5. The van der Waals surface area contributed by atoms with Gasteiger partial charge < -0.3 is 30.7 Å². The summed E-state index contributed by atoms with van der Waals surface area (Å²) in [5.41, 5.74) is 13.6. The summed E-state index contributed by atoms with van der Waals surface area (Å²) in [6.45, 7) is 13.6. The van der Waals surface area contributed by atoms with Gasteiger partial charge in [0.05, 0.1) is 11.0 Å². The first-order valence-corrected chi connectivity index (χ1v) is 15.0. The molecule has 0 amide bonds. The Bertz CT molecular complexity index is 1520. The molecule has 3 N–H and O–H groups in total. The second-order valence-electron chi connectivity index (χ2n) is 12.0. The standard InChI is InChI=1S/C33H44N8/c1-23-19-32(40-15-11-38(3)12-16-40)36-30-7-5-25(21-27(23)30)29(34)9-10-35-26-6-8-31-28(22-26)24(2)20-33(37-31)41-17-13-39(4)14-18-41/h5-8,19-22,29,35H,9-18,34H2,1-4H3. The number of rotatable bonds is 7. The third kappa shape index (κ3) is 6.10. The van der Waals surface area contributed by atoms with E-state index in [1.807, 2.05) is 0 Å². The van der Waals surface area contributed by atoms with E-state index in [2.05, 4.69) is 101 Å².